The fourth-order valence-corrected chi connectivity index (χ4v) is 0.547. The van der Waals surface area contributed by atoms with Crippen LogP contribution in [0.3, 0.4) is 0 Å². The predicted octanol–water partition coefficient (Wildman–Crippen LogP) is 0.988. The Labute approximate surface area is 56.9 Å². The minimum atomic E-state index is -0.762. The van der Waals surface area contributed by atoms with Crippen LogP contribution in [-0.4, -0.2) is 10.9 Å². The van der Waals surface area contributed by atoms with Crippen molar-refractivity contribution in [2.24, 2.45) is 5.18 Å². The molecule has 0 saturated heterocycles. The quantitative estimate of drug-likeness (QED) is 0.541. The number of nitrogens with zero attached hydrogens (tertiary/aromatic N) is 2. The Morgan fingerprint density at radius 1 is 1.40 bits per heavy atom. The molecule has 0 fully saturated rings. The van der Waals surface area contributed by atoms with Crippen molar-refractivity contribution in [3.05, 3.63) is 35.0 Å². The maximum Gasteiger partial charge on any atom is 0.316 e. The van der Waals surface area contributed by atoms with Gasteiger partial charge in [-0.25, -0.2) is 0 Å². The summed E-state index contributed by atoms with van der Waals surface area (Å²) in [5.74, 6) is -0.762. The summed E-state index contributed by atoms with van der Waals surface area (Å²) in [4.78, 5) is 23.9. The summed E-state index contributed by atoms with van der Waals surface area (Å²) in [6.45, 7) is 0. The van der Waals surface area contributed by atoms with Crippen LogP contribution in [-0.2, 0) is 0 Å². The average Bonchev–Trinajstić information content (AvgIpc) is 2.05. The molecule has 1 rings (SSSR count). The maximum absolute atomic E-state index is 10.5. The maximum atomic E-state index is 10.5. The summed E-state index contributed by atoms with van der Waals surface area (Å²) in [6, 6.07) is 2.87. The first kappa shape index (κ1) is 6.54. The zero-order valence-corrected chi connectivity index (χ0v) is 5.02. The van der Waals surface area contributed by atoms with E-state index in [4.69, 9.17) is 0 Å². The molecule has 0 N–H and O–H groups in total. The monoisotopic (exact) mass is 136 g/mol. The van der Waals surface area contributed by atoms with E-state index in [9.17, 15) is 9.70 Å². The van der Waals surface area contributed by atoms with Crippen molar-refractivity contribution in [2.45, 2.75) is 0 Å². The first-order chi connectivity index (χ1) is 4.84. The zero-order valence-electron chi connectivity index (χ0n) is 5.02. The van der Waals surface area contributed by atoms with Crippen molar-refractivity contribution in [1.82, 2.24) is 4.98 Å². The normalized spacial score (nSPS) is 8.80. The predicted molar refractivity (Wildman–Crippen MR) is 34.4 cm³/mol. The van der Waals surface area contributed by atoms with Crippen molar-refractivity contribution in [3.63, 3.8) is 0 Å². The fraction of sp³-hybridized carbons (Fsp3) is 0. The molecule has 1 heterocycles. The molecule has 0 bridgehead atoms. The van der Waals surface area contributed by atoms with Crippen molar-refractivity contribution in [2.75, 3.05) is 0 Å². The molecule has 1 amide bonds. The first-order valence-electron chi connectivity index (χ1n) is 2.62. The Hall–Kier alpha value is -1.58. The van der Waals surface area contributed by atoms with E-state index in [1.54, 1.807) is 0 Å². The van der Waals surface area contributed by atoms with Crippen molar-refractivity contribution < 1.29 is 4.79 Å². The second-order valence-corrected chi connectivity index (χ2v) is 1.63. The Morgan fingerprint density at radius 2 is 2.00 bits per heavy atom. The summed E-state index contributed by atoms with van der Waals surface area (Å²) < 4.78 is 0. The lowest BCUT2D eigenvalue weighted by Gasteiger charge is -1.86. The Morgan fingerprint density at radius 3 is 2.50 bits per heavy atom. The van der Waals surface area contributed by atoms with E-state index in [2.05, 4.69) is 10.2 Å². The molecule has 10 heavy (non-hydrogen) atoms. The van der Waals surface area contributed by atoms with Crippen LogP contribution in [0.5, 0.6) is 0 Å². The third kappa shape index (κ3) is 1.22. The first-order valence-corrected chi connectivity index (χ1v) is 2.62. The van der Waals surface area contributed by atoms with Crippen LogP contribution in [0.15, 0.2) is 29.7 Å². The number of carbonyl (C=O) groups excluding carboxylic acids is 1. The molecule has 0 radical (unpaired) electrons. The molecular weight excluding hydrogens is 132 g/mol. The van der Waals surface area contributed by atoms with E-state index in [0.717, 1.165) is 0 Å². The molecular formula is C6H4N2O2. The second-order valence-electron chi connectivity index (χ2n) is 1.63. The van der Waals surface area contributed by atoms with Gasteiger partial charge in [-0.15, -0.1) is 4.91 Å². The van der Waals surface area contributed by atoms with Crippen LogP contribution >= 0.6 is 0 Å². The van der Waals surface area contributed by atoms with Gasteiger partial charge in [-0.3, -0.25) is 9.78 Å². The van der Waals surface area contributed by atoms with E-state index < -0.39 is 5.91 Å². The highest BCUT2D eigenvalue weighted by atomic mass is 16.3. The van der Waals surface area contributed by atoms with Gasteiger partial charge >= 0.3 is 5.91 Å². The lowest BCUT2D eigenvalue weighted by Crippen LogP contribution is -1.91. The molecule has 0 aromatic carbocycles. The molecule has 0 aliphatic heterocycles. The Kier molecular flexibility index (Phi) is 1.84. The molecule has 1 aromatic heterocycles. The number of hydrogen-bond acceptors (Lipinski definition) is 3. The molecule has 0 atom stereocenters. The van der Waals surface area contributed by atoms with E-state index in [1.807, 2.05) is 0 Å². The number of pyridine rings is 1. The Balaban J connectivity index is 2.95. The van der Waals surface area contributed by atoms with Gasteiger partial charge in [0.1, 0.15) is 0 Å². The molecule has 0 unspecified atom stereocenters. The standard InChI is InChI=1S/C6H4N2O2/c9-6(8-10)5-1-3-7-4-2-5/h1-4H. The van der Waals surface area contributed by atoms with E-state index in [-0.39, 0.29) is 5.56 Å². The van der Waals surface area contributed by atoms with E-state index in [0.29, 0.717) is 0 Å². The summed E-state index contributed by atoms with van der Waals surface area (Å²) >= 11 is 0. The number of hydrogen-bond donors (Lipinski definition) is 0. The molecule has 0 aliphatic rings. The van der Waals surface area contributed by atoms with Gasteiger partial charge in [-0.1, -0.05) is 0 Å². The number of carbonyl (C=O) groups is 1. The van der Waals surface area contributed by atoms with Gasteiger partial charge in [0.25, 0.3) is 0 Å². The molecule has 1 aromatic rings. The minimum Gasteiger partial charge on any atom is -0.265 e. The molecule has 0 saturated carbocycles. The SMILES string of the molecule is O=NC(=O)c1ccncc1. The largest absolute Gasteiger partial charge is 0.316 e. The highest BCUT2D eigenvalue weighted by Crippen LogP contribution is 1.97. The number of aromatic nitrogens is 1. The van der Waals surface area contributed by atoms with Crippen LogP contribution in [0.2, 0.25) is 0 Å². The van der Waals surface area contributed by atoms with Gasteiger partial charge in [0.2, 0.25) is 0 Å². The summed E-state index contributed by atoms with van der Waals surface area (Å²) in [5, 5.41) is 2.24. The summed E-state index contributed by atoms with van der Waals surface area (Å²) in [6.07, 6.45) is 2.86. The van der Waals surface area contributed by atoms with E-state index in [1.165, 1.54) is 24.5 Å². The van der Waals surface area contributed by atoms with Crippen LogP contribution in [0.25, 0.3) is 0 Å². The van der Waals surface area contributed by atoms with Crippen molar-refractivity contribution >= 4 is 5.91 Å². The fourth-order valence-electron chi connectivity index (χ4n) is 0.547. The summed E-state index contributed by atoms with van der Waals surface area (Å²) in [7, 11) is 0. The third-order valence-corrected chi connectivity index (χ3v) is 1.01. The van der Waals surface area contributed by atoms with Gasteiger partial charge in [0.15, 0.2) is 0 Å². The average molecular weight is 136 g/mol. The third-order valence-electron chi connectivity index (χ3n) is 1.01. The highest BCUT2D eigenvalue weighted by Gasteiger charge is 2.01. The second kappa shape index (κ2) is 2.82. The van der Waals surface area contributed by atoms with Crippen LogP contribution in [0.4, 0.5) is 0 Å². The molecule has 50 valence electrons. The summed E-state index contributed by atoms with van der Waals surface area (Å²) in [5.41, 5.74) is 0.269. The zero-order chi connectivity index (χ0) is 7.40. The number of rotatable bonds is 1. The van der Waals surface area contributed by atoms with E-state index >= 15 is 0 Å². The van der Waals surface area contributed by atoms with Gasteiger partial charge in [-0.05, 0) is 12.1 Å². The molecule has 0 aliphatic carbocycles. The highest BCUT2D eigenvalue weighted by molar-refractivity contribution is 5.94. The van der Waals surface area contributed by atoms with Crippen molar-refractivity contribution in [1.29, 1.82) is 0 Å². The van der Waals surface area contributed by atoms with Gasteiger partial charge < -0.3 is 0 Å². The van der Waals surface area contributed by atoms with Gasteiger partial charge in [-0.2, -0.15) is 0 Å². The lowest BCUT2D eigenvalue weighted by molar-refractivity contribution is 0.100. The lowest BCUT2D eigenvalue weighted by atomic mass is 10.3. The minimum absolute atomic E-state index is 0.269. The topological polar surface area (TPSA) is 59.4 Å². The molecule has 4 heteroatoms. The van der Waals surface area contributed by atoms with Crippen LogP contribution in [0.1, 0.15) is 10.4 Å². The number of amides is 1. The molecule has 0 spiro atoms. The van der Waals surface area contributed by atoms with Crippen LogP contribution in [0, 0.1) is 4.91 Å². The Bertz CT molecular complexity index is 245. The van der Waals surface area contributed by atoms with Crippen molar-refractivity contribution in [3.8, 4) is 0 Å². The van der Waals surface area contributed by atoms with Gasteiger partial charge in [0.05, 0.1) is 0 Å². The molecule has 4 nitrogen and oxygen atoms in total. The van der Waals surface area contributed by atoms with Crippen LogP contribution < -0.4 is 0 Å². The smallest absolute Gasteiger partial charge is 0.265 e. The van der Waals surface area contributed by atoms with Gasteiger partial charge in [0, 0.05) is 23.1 Å². The number of nitroso groups, excluding NO2 is 1.